The van der Waals surface area contributed by atoms with E-state index in [9.17, 15) is 9.59 Å². The van der Waals surface area contributed by atoms with E-state index >= 15 is 0 Å². The fourth-order valence-electron chi connectivity index (χ4n) is 3.52. The number of fused-ring (bicyclic) bond motifs is 2. The smallest absolute Gasteiger partial charge is 0.302 e. The number of carbonyl (C=O) groups excluding carboxylic acids is 2. The van der Waals surface area contributed by atoms with E-state index in [2.05, 4.69) is 13.8 Å². The van der Waals surface area contributed by atoms with E-state index < -0.39 is 0 Å². The summed E-state index contributed by atoms with van der Waals surface area (Å²) >= 11 is 0. The van der Waals surface area contributed by atoms with Crippen LogP contribution in [0.4, 0.5) is 0 Å². The van der Waals surface area contributed by atoms with Crippen LogP contribution in [0.1, 0.15) is 40.5 Å². The topological polar surface area (TPSA) is 61.8 Å². The highest BCUT2D eigenvalue weighted by Crippen LogP contribution is 2.57. The van der Waals surface area contributed by atoms with Crippen molar-refractivity contribution < 1.29 is 23.8 Å². The number of rotatable bonds is 4. The zero-order valence-corrected chi connectivity index (χ0v) is 12.0. The SMILES string of the molecule is CC(=O)OC[C@H]1[C@](C)(COC(C)=O)[C@@H]2CC[C@@]1(C)O2. The van der Waals surface area contributed by atoms with Gasteiger partial charge in [0.2, 0.25) is 0 Å². The van der Waals surface area contributed by atoms with Gasteiger partial charge in [-0.1, -0.05) is 6.92 Å². The molecule has 0 unspecified atom stereocenters. The largest absolute Gasteiger partial charge is 0.465 e. The first kappa shape index (κ1) is 14.3. The van der Waals surface area contributed by atoms with E-state index in [1.165, 1.54) is 13.8 Å². The molecule has 19 heavy (non-hydrogen) atoms. The highest BCUT2D eigenvalue weighted by Gasteiger charge is 2.63. The molecule has 0 N–H and O–H groups in total. The van der Waals surface area contributed by atoms with Gasteiger partial charge in [-0.05, 0) is 19.8 Å². The van der Waals surface area contributed by atoms with E-state index in [-0.39, 0.29) is 35.0 Å². The lowest BCUT2D eigenvalue weighted by atomic mass is 9.63. The molecule has 108 valence electrons. The molecule has 0 aromatic heterocycles. The maximum absolute atomic E-state index is 11.1. The Labute approximate surface area is 113 Å². The molecule has 0 radical (unpaired) electrons. The minimum absolute atomic E-state index is 0.0574. The van der Waals surface area contributed by atoms with Crippen LogP contribution in [0.3, 0.4) is 0 Å². The molecule has 0 aromatic carbocycles. The zero-order chi connectivity index (χ0) is 14.3. The molecule has 2 fully saturated rings. The van der Waals surface area contributed by atoms with Crippen LogP contribution in [-0.4, -0.2) is 36.9 Å². The Morgan fingerprint density at radius 3 is 2.42 bits per heavy atom. The zero-order valence-electron chi connectivity index (χ0n) is 12.0. The molecule has 5 heteroatoms. The lowest BCUT2D eigenvalue weighted by molar-refractivity contribution is -0.151. The summed E-state index contributed by atoms with van der Waals surface area (Å²) in [5.41, 5.74) is -0.566. The summed E-state index contributed by atoms with van der Waals surface area (Å²) in [5.74, 6) is -0.524. The van der Waals surface area contributed by atoms with Gasteiger partial charge in [0.05, 0.1) is 24.9 Å². The maximum atomic E-state index is 11.1. The first-order chi connectivity index (χ1) is 8.78. The summed E-state index contributed by atoms with van der Waals surface area (Å²) in [6.07, 6.45) is 1.99. The Morgan fingerprint density at radius 2 is 1.84 bits per heavy atom. The third-order valence-corrected chi connectivity index (χ3v) is 4.62. The van der Waals surface area contributed by atoms with Crippen molar-refractivity contribution in [3.05, 3.63) is 0 Å². The van der Waals surface area contributed by atoms with Crippen LogP contribution in [0.2, 0.25) is 0 Å². The monoisotopic (exact) mass is 270 g/mol. The van der Waals surface area contributed by atoms with E-state index in [1.807, 2.05) is 0 Å². The number of hydrogen-bond acceptors (Lipinski definition) is 5. The van der Waals surface area contributed by atoms with Gasteiger partial charge in [-0.2, -0.15) is 0 Å². The van der Waals surface area contributed by atoms with Crippen molar-refractivity contribution in [2.75, 3.05) is 13.2 Å². The molecule has 4 atom stereocenters. The molecule has 2 heterocycles. The molecule has 0 spiro atoms. The van der Waals surface area contributed by atoms with Gasteiger partial charge in [0.1, 0.15) is 0 Å². The minimum atomic E-state index is -0.291. The molecule has 0 aromatic rings. The second-order valence-electron chi connectivity index (χ2n) is 6.10. The number of ether oxygens (including phenoxy) is 3. The summed E-state index contributed by atoms with van der Waals surface area (Å²) < 4.78 is 16.5. The average Bonchev–Trinajstić information content (AvgIpc) is 2.77. The molecule has 0 amide bonds. The van der Waals surface area contributed by atoms with Gasteiger partial charge in [0.25, 0.3) is 0 Å². The van der Waals surface area contributed by atoms with Crippen molar-refractivity contribution in [2.24, 2.45) is 11.3 Å². The van der Waals surface area contributed by atoms with Gasteiger partial charge < -0.3 is 14.2 Å². The van der Waals surface area contributed by atoms with Crippen LogP contribution < -0.4 is 0 Å². The summed E-state index contributed by atoms with van der Waals surface area (Å²) in [6, 6.07) is 0. The van der Waals surface area contributed by atoms with E-state index in [0.717, 1.165) is 12.8 Å². The van der Waals surface area contributed by atoms with Gasteiger partial charge in [-0.3, -0.25) is 9.59 Å². The van der Waals surface area contributed by atoms with Crippen LogP contribution in [0.25, 0.3) is 0 Å². The van der Waals surface area contributed by atoms with Crippen molar-refractivity contribution in [2.45, 2.75) is 52.2 Å². The third kappa shape index (κ3) is 2.48. The first-order valence-corrected chi connectivity index (χ1v) is 6.72. The lowest BCUT2D eigenvalue weighted by Gasteiger charge is -2.40. The molecular weight excluding hydrogens is 248 g/mol. The number of carbonyl (C=O) groups is 2. The summed E-state index contributed by atoms with van der Waals surface area (Å²) in [4.78, 5) is 22.1. The van der Waals surface area contributed by atoms with E-state index in [0.29, 0.717) is 13.2 Å². The highest BCUT2D eigenvalue weighted by atomic mass is 16.6. The van der Waals surface area contributed by atoms with Crippen LogP contribution >= 0.6 is 0 Å². The maximum Gasteiger partial charge on any atom is 0.302 e. The summed E-state index contributed by atoms with van der Waals surface area (Å²) in [7, 11) is 0. The molecular formula is C14H22O5. The van der Waals surface area contributed by atoms with E-state index in [1.54, 1.807) is 0 Å². The fourth-order valence-corrected chi connectivity index (χ4v) is 3.52. The normalized spacial score (nSPS) is 40.2. The third-order valence-electron chi connectivity index (χ3n) is 4.62. The van der Waals surface area contributed by atoms with Gasteiger partial charge >= 0.3 is 11.9 Å². The standard InChI is InChI=1S/C14H22O5/c1-9(15)17-7-11-13(3,8-18-10(2)16)12-5-6-14(11,4)19-12/h11-12H,5-8H2,1-4H3/t11-,12-,13-,14+/m0/s1. The van der Waals surface area contributed by atoms with Crippen LogP contribution in [0.5, 0.6) is 0 Å². The van der Waals surface area contributed by atoms with Crippen molar-refractivity contribution in [3.8, 4) is 0 Å². The average molecular weight is 270 g/mol. The molecule has 0 saturated carbocycles. The molecule has 2 saturated heterocycles. The van der Waals surface area contributed by atoms with Crippen molar-refractivity contribution in [1.82, 2.24) is 0 Å². The van der Waals surface area contributed by atoms with Crippen molar-refractivity contribution in [3.63, 3.8) is 0 Å². The van der Waals surface area contributed by atoms with Crippen LogP contribution in [0.15, 0.2) is 0 Å². The minimum Gasteiger partial charge on any atom is -0.465 e. The Bertz CT molecular complexity index is 393. The fraction of sp³-hybridized carbons (Fsp3) is 0.857. The lowest BCUT2D eigenvalue weighted by Crippen LogP contribution is -2.48. The molecule has 5 nitrogen and oxygen atoms in total. The van der Waals surface area contributed by atoms with Crippen LogP contribution in [0, 0.1) is 11.3 Å². The second kappa shape index (κ2) is 4.78. The Morgan fingerprint density at radius 1 is 1.21 bits per heavy atom. The summed E-state index contributed by atoms with van der Waals surface area (Å²) in [5, 5.41) is 0. The number of esters is 2. The second-order valence-corrected chi connectivity index (χ2v) is 6.10. The van der Waals surface area contributed by atoms with Gasteiger partial charge in [-0.25, -0.2) is 0 Å². The highest BCUT2D eigenvalue weighted by molar-refractivity contribution is 5.66. The van der Waals surface area contributed by atoms with Crippen molar-refractivity contribution in [1.29, 1.82) is 0 Å². The Balaban J connectivity index is 2.14. The Hall–Kier alpha value is -1.10. The first-order valence-electron chi connectivity index (χ1n) is 6.72. The predicted molar refractivity (Wildman–Crippen MR) is 67.4 cm³/mol. The molecule has 0 aliphatic carbocycles. The van der Waals surface area contributed by atoms with Crippen molar-refractivity contribution >= 4 is 11.9 Å². The predicted octanol–water partition coefficient (Wildman–Crippen LogP) is 1.69. The Kier molecular flexibility index (Phi) is 3.60. The number of hydrogen-bond donors (Lipinski definition) is 0. The van der Waals surface area contributed by atoms with Gasteiger partial charge in [0.15, 0.2) is 0 Å². The van der Waals surface area contributed by atoms with E-state index in [4.69, 9.17) is 14.2 Å². The molecule has 2 rings (SSSR count). The molecule has 2 aliphatic heterocycles. The van der Waals surface area contributed by atoms with Gasteiger partial charge in [0, 0.05) is 25.2 Å². The van der Waals surface area contributed by atoms with Crippen LogP contribution in [-0.2, 0) is 23.8 Å². The quantitative estimate of drug-likeness (QED) is 0.727. The summed E-state index contributed by atoms with van der Waals surface area (Å²) in [6.45, 7) is 7.55. The van der Waals surface area contributed by atoms with Gasteiger partial charge in [-0.15, -0.1) is 0 Å². The molecule has 2 aliphatic rings. The molecule has 2 bridgehead atoms.